The van der Waals surface area contributed by atoms with E-state index in [1.165, 1.54) is 6.20 Å². The molecule has 0 spiro atoms. The second-order valence-electron chi connectivity index (χ2n) is 7.78. The van der Waals surface area contributed by atoms with Gasteiger partial charge in [0.15, 0.2) is 0 Å². The molecule has 2 heterocycles. The predicted octanol–water partition coefficient (Wildman–Crippen LogP) is 4.32. The highest BCUT2D eigenvalue weighted by atomic mass is 16.5. The Morgan fingerprint density at radius 1 is 1.03 bits per heavy atom. The molecule has 1 saturated heterocycles. The van der Waals surface area contributed by atoms with Gasteiger partial charge in [-0.15, -0.1) is 0 Å². The number of nitrogens with one attached hydrogen (secondary N) is 1. The summed E-state index contributed by atoms with van der Waals surface area (Å²) in [7, 11) is 0. The summed E-state index contributed by atoms with van der Waals surface area (Å²) in [5.41, 5.74) is 5.28. The van der Waals surface area contributed by atoms with Gasteiger partial charge in [0.05, 0.1) is 31.1 Å². The van der Waals surface area contributed by atoms with Crippen LogP contribution in [0.3, 0.4) is 0 Å². The number of benzene rings is 2. The van der Waals surface area contributed by atoms with Gasteiger partial charge in [-0.1, -0.05) is 6.07 Å². The highest BCUT2D eigenvalue weighted by Gasteiger charge is 2.14. The van der Waals surface area contributed by atoms with Gasteiger partial charge in [-0.3, -0.25) is 9.78 Å². The minimum absolute atomic E-state index is 0.196. The van der Waals surface area contributed by atoms with E-state index in [2.05, 4.69) is 15.2 Å². The van der Waals surface area contributed by atoms with E-state index in [0.29, 0.717) is 23.4 Å². The zero-order chi connectivity index (χ0) is 23.2. The van der Waals surface area contributed by atoms with Gasteiger partial charge in [-0.2, -0.15) is 0 Å². The van der Waals surface area contributed by atoms with E-state index >= 15 is 0 Å². The van der Waals surface area contributed by atoms with Crippen molar-refractivity contribution in [2.24, 2.45) is 0 Å². The van der Waals surface area contributed by atoms with E-state index < -0.39 is 5.97 Å². The quantitative estimate of drug-likeness (QED) is 0.569. The molecule has 1 N–H and O–H groups in total. The third kappa shape index (κ3) is 5.38. The van der Waals surface area contributed by atoms with Gasteiger partial charge in [0.1, 0.15) is 0 Å². The van der Waals surface area contributed by atoms with Crippen LogP contribution in [0.25, 0.3) is 11.3 Å². The molecule has 1 fully saturated rings. The lowest BCUT2D eigenvalue weighted by Crippen LogP contribution is -2.36. The summed E-state index contributed by atoms with van der Waals surface area (Å²) < 4.78 is 10.4. The van der Waals surface area contributed by atoms with Crippen molar-refractivity contribution >= 4 is 23.3 Å². The monoisotopic (exact) mass is 445 g/mol. The Bertz CT molecular complexity index is 1120. The van der Waals surface area contributed by atoms with Gasteiger partial charge in [0, 0.05) is 41.8 Å². The number of hydrogen-bond acceptors (Lipinski definition) is 6. The van der Waals surface area contributed by atoms with Crippen LogP contribution in [0.1, 0.15) is 33.2 Å². The summed E-state index contributed by atoms with van der Waals surface area (Å²) in [5, 5.41) is 2.96. The Hall–Kier alpha value is -3.71. The second kappa shape index (κ2) is 10.3. The first-order valence-corrected chi connectivity index (χ1v) is 11.0. The normalized spacial score (nSPS) is 13.5. The van der Waals surface area contributed by atoms with Crippen LogP contribution in [-0.2, 0) is 9.47 Å². The number of ether oxygens (including phenoxy) is 2. The first-order valence-electron chi connectivity index (χ1n) is 11.0. The van der Waals surface area contributed by atoms with Crippen LogP contribution in [-0.4, -0.2) is 49.8 Å². The fourth-order valence-electron chi connectivity index (χ4n) is 3.71. The van der Waals surface area contributed by atoms with Crippen LogP contribution in [0.15, 0.2) is 60.8 Å². The summed E-state index contributed by atoms with van der Waals surface area (Å²) in [6, 6.07) is 16.8. The molecule has 0 unspecified atom stereocenters. The standard InChI is InChI=1S/C26H27N3O4/c1-3-33-26(31)20-6-11-24(27-17-20)23-16-19(5-4-18(23)2)25(30)28-21-7-9-22(10-8-21)29-12-14-32-15-13-29/h4-11,16-17H,3,12-15H2,1-2H3,(H,28,30). The lowest BCUT2D eigenvalue weighted by atomic mass is 10.0. The average molecular weight is 446 g/mol. The number of morpholine rings is 1. The SMILES string of the molecule is CCOC(=O)c1ccc(-c2cc(C(=O)Nc3ccc(N4CCOCC4)cc3)ccc2C)nc1. The average Bonchev–Trinajstić information content (AvgIpc) is 2.85. The Balaban J connectivity index is 1.47. The fourth-order valence-corrected chi connectivity index (χ4v) is 3.71. The maximum Gasteiger partial charge on any atom is 0.339 e. The van der Waals surface area contributed by atoms with Crippen molar-refractivity contribution in [2.45, 2.75) is 13.8 Å². The Morgan fingerprint density at radius 3 is 2.42 bits per heavy atom. The molecule has 1 aliphatic heterocycles. The maximum absolute atomic E-state index is 12.9. The molecule has 170 valence electrons. The fraction of sp³-hybridized carbons (Fsp3) is 0.269. The van der Waals surface area contributed by atoms with Crippen molar-refractivity contribution < 1.29 is 19.1 Å². The van der Waals surface area contributed by atoms with E-state index in [1.54, 1.807) is 25.1 Å². The molecular weight excluding hydrogens is 418 g/mol. The van der Waals surface area contributed by atoms with Gasteiger partial charge in [-0.05, 0) is 67.9 Å². The molecule has 0 bridgehead atoms. The third-order valence-electron chi connectivity index (χ3n) is 5.55. The number of aromatic nitrogens is 1. The molecular formula is C26H27N3O4. The van der Waals surface area contributed by atoms with Crippen LogP contribution >= 0.6 is 0 Å². The van der Waals surface area contributed by atoms with Crippen LogP contribution in [0.2, 0.25) is 0 Å². The lowest BCUT2D eigenvalue weighted by Gasteiger charge is -2.28. The van der Waals surface area contributed by atoms with Crippen LogP contribution < -0.4 is 10.2 Å². The van der Waals surface area contributed by atoms with Gasteiger partial charge < -0.3 is 19.7 Å². The van der Waals surface area contributed by atoms with E-state index in [-0.39, 0.29) is 5.91 Å². The van der Waals surface area contributed by atoms with Crippen molar-refractivity contribution in [3.63, 3.8) is 0 Å². The largest absolute Gasteiger partial charge is 0.462 e. The second-order valence-corrected chi connectivity index (χ2v) is 7.78. The van der Waals surface area contributed by atoms with Crippen molar-refractivity contribution in [3.05, 3.63) is 77.5 Å². The molecule has 0 atom stereocenters. The Labute approximate surface area is 193 Å². The van der Waals surface area contributed by atoms with Crippen molar-refractivity contribution in [1.29, 1.82) is 0 Å². The summed E-state index contributed by atoms with van der Waals surface area (Å²) in [6.45, 7) is 7.23. The van der Waals surface area contributed by atoms with E-state index in [0.717, 1.165) is 48.8 Å². The summed E-state index contributed by atoms with van der Waals surface area (Å²) in [6.07, 6.45) is 1.50. The molecule has 2 aromatic carbocycles. The third-order valence-corrected chi connectivity index (χ3v) is 5.55. The van der Waals surface area contributed by atoms with Crippen LogP contribution in [0, 0.1) is 6.92 Å². The van der Waals surface area contributed by atoms with Crippen molar-refractivity contribution in [3.8, 4) is 11.3 Å². The molecule has 7 nitrogen and oxygen atoms in total. The summed E-state index contributed by atoms with van der Waals surface area (Å²) in [5.74, 6) is -0.598. The molecule has 1 aliphatic rings. The number of nitrogens with zero attached hydrogens (tertiary/aromatic N) is 2. The smallest absolute Gasteiger partial charge is 0.339 e. The first-order chi connectivity index (χ1) is 16.0. The Morgan fingerprint density at radius 2 is 1.76 bits per heavy atom. The molecule has 0 radical (unpaired) electrons. The number of carbonyl (C=O) groups excluding carboxylic acids is 2. The number of amides is 1. The van der Waals surface area contributed by atoms with Gasteiger partial charge >= 0.3 is 5.97 Å². The summed E-state index contributed by atoms with van der Waals surface area (Å²) in [4.78, 5) is 31.4. The molecule has 0 aliphatic carbocycles. The number of aryl methyl sites for hydroxylation is 1. The minimum Gasteiger partial charge on any atom is -0.462 e. The molecule has 0 saturated carbocycles. The van der Waals surface area contributed by atoms with E-state index in [9.17, 15) is 9.59 Å². The zero-order valence-corrected chi connectivity index (χ0v) is 18.8. The first kappa shape index (κ1) is 22.5. The number of anilines is 2. The molecule has 1 aromatic heterocycles. The predicted molar refractivity (Wildman–Crippen MR) is 128 cm³/mol. The van der Waals surface area contributed by atoms with E-state index in [1.807, 2.05) is 43.3 Å². The summed E-state index contributed by atoms with van der Waals surface area (Å²) >= 11 is 0. The highest BCUT2D eigenvalue weighted by Crippen LogP contribution is 2.24. The molecule has 1 amide bonds. The van der Waals surface area contributed by atoms with Crippen LogP contribution in [0.4, 0.5) is 11.4 Å². The molecule has 33 heavy (non-hydrogen) atoms. The van der Waals surface area contributed by atoms with Crippen LogP contribution in [0.5, 0.6) is 0 Å². The molecule has 4 rings (SSSR count). The van der Waals surface area contributed by atoms with Gasteiger partial charge in [0.25, 0.3) is 5.91 Å². The number of hydrogen-bond donors (Lipinski definition) is 1. The molecule has 7 heteroatoms. The number of carbonyl (C=O) groups is 2. The zero-order valence-electron chi connectivity index (χ0n) is 18.8. The van der Waals surface area contributed by atoms with Crippen molar-refractivity contribution in [1.82, 2.24) is 4.98 Å². The highest BCUT2D eigenvalue weighted by molar-refractivity contribution is 6.05. The van der Waals surface area contributed by atoms with Gasteiger partial charge in [0.2, 0.25) is 0 Å². The molecule has 3 aromatic rings. The minimum atomic E-state index is -0.402. The maximum atomic E-state index is 12.9. The topological polar surface area (TPSA) is 80.8 Å². The number of rotatable bonds is 6. The number of pyridine rings is 1. The van der Waals surface area contributed by atoms with Crippen molar-refractivity contribution in [2.75, 3.05) is 43.1 Å². The van der Waals surface area contributed by atoms with Gasteiger partial charge in [-0.25, -0.2) is 4.79 Å². The number of esters is 1. The lowest BCUT2D eigenvalue weighted by molar-refractivity contribution is 0.0525. The Kier molecular flexibility index (Phi) is 7.00. The van der Waals surface area contributed by atoms with E-state index in [4.69, 9.17) is 9.47 Å².